The number of carbonyl (C=O) groups is 3. The molecule has 0 unspecified atom stereocenters. The maximum absolute atomic E-state index is 11.7. The monoisotopic (exact) mass is 287 g/mol. The van der Waals surface area contributed by atoms with E-state index in [4.69, 9.17) is 16.6 Å². The van der Waals surface area contributed by atoms with Crippen molar-refractivity contribution >= 4 is 17.8 Å². The molecule has 2 amide bonds. The topological polar surface area (TPSA) is 136 Å². The molecular weight excluding hydrogens is 262 g/mol. The predicted molar refractivity (Wildman–Crippen MR) is 74.7 cm³/mol. The first-order chi connectivity index (χ1) is 9.18. The minimum Gasteiger partial charge on any atom is -0.480 e. The molecule has 0 aromatic heterocycles. The summed E-state index contributed by atoms with van der Waals surface area (Å²) in [6.07, 6.45) is 1.58. The second-order valence-corrected chi connectivity index (χ2v) is 5.67. The third-order valence-corrected chi connectivity index (χ3v) is 3.16. The summed E-state index contributed by atoms with van der Waals surface area (Å²) in [6.45, 7) is 4.56. The number of carboxylic acids is 1. The van der Waals surface area contributed by atoms with Gasteiger partial charge in [0.05, 0.1) is 0 Å². The largest absolute Gasteiger partial charge is 0.480 e. The van der Waals surface area contributed by atoms with Crippen LogP contribution in [0.2, 0.25) is 0 Å². The zero-order valence-electron chi connectivity index (χ0n) is 12.1. The van der Waals surface area contributed by atoms with Crippen molar-refractivity contribution in [2.24, 2.45) is 16.9 Å². The van der Waals surface area contributed by atoms with Crippen LogP contribution in [0.25, 0.3) is 0 Å². The Morgan fingerprint density at radius 3 is 2.25 bits per heavy atom. The number of carbonyl (C=O) groups excluding carboxylic acids is 2. The minimum absolute atomic E-state index is 0.00258. The van der Waals surface area contributed by atoms with E-state index in [2.05, 4.69) is 5.32 Å². The molecule has 0 heterocycles. The fourth-order valence-electron chi connectivity index (χ4n) is 1.78. The molecule has 0 aliphatic heterocycles. The highest BCUT2D eigenvalue weighted by molar-refractivity contribution is 5.84. The molecule has 0 saturated heterocycles. The molecule has 0 spiro atoms. The second kappa shape index (κ2) is 8.52. The first-order valence-electron chi connectivity index (χ1n) is 6.68. The van der Waals surface area contributed by atoms with Gasteiger partial charge in [-0.2, -0.15) is 0 Å². The number of rotatable bonds is 10. The lowest BCUT2D eigenvalue weighted by Crippen LogP contribution is -2.41. The summed E-state index contributed by atoms with van der Waals surface area (Å²) in [4.78, 5) is 33.3. The van der Waals surface area contributed by atoms with E-state index >= 15 is 0 Å². The van der Waals surface area contributed by atoms with Gasteiger partial charge in [-0.3, -0.25) is 9.59 Å². The number of hydrogen-bond acceptors (Lipinski definition) is 4. The molecule has 6 N–H and O–H groups in total. The highest BCUT2D eigenvalue weighted by Gasteiger charge is 2.22. The molecule has 7 heteroatoms. The van der Waals surface area contributed by atoms with E-state index in [1.807, 2.05) is 13.8 Å². The van der Waals surface area contributed by atoms with Crippen molar-refractivity contribution in [1.29, 1.82) is 0 Å². The number of nitrogens with one attached hydrogen (secondary N) is 1. The van der Waals surface area contributed by atoms with Gasteiger partial charge in [0.2, 0.25) is 11.8 Å². The fraction of sp³-hybridized carbons (Fsp3) is 0.769. The lowest BCUT2D eigenvalue weighted by Gasteiger charge is -2.23. The molecule has 0 aromatic carbocycles. The summed E-state index contributed by atoms with van der Waals surface area (Å²) in [5.41, 5.74) is 10.4. The number of nitrogens with two attached hydrogens (primary N) is 2. The second-order valence-electron chi connectivity index (χ2n) is 5.67. The van der Waals surface area contributed by atoms with Crippen molar-refractivity contribution in [3.63, 3.8) is 0 Å². The van der Waals surface area contributed by atoms with Gasteiger partial charge in [-0.15, -0.1) is 0 Å². The molecule has 0 bridgehead atoms. The van der Waals surface area contributed by atoms with Gasteiger partial charge in [-0.1, -0.05) is 13.8 Å². The Morgan fingerprint density at radius 1 is 1.20 bits per heavy atom. The zero-order valence-corrected chi connectivity index (χ0v) is 12.1. The van der Waals surface area contributed by atoms with E-state index in [0.717, 1.165) is 6.42 Å². The van der Waals surface area contributed by atoms with Crippen LogP contribution >= 0.6 is 0 Å². The van der Waals surface area contributed by atoms with Gasteiger partial charge in [0.15, 0.2) is 0 Å². The molecule has 116 valence electrons. The van der Waals surface area contributed by atoms with Crippen molar-refractivity contribution < 1.29 is 19.5 Å². The van der Waals surface area contributed by atoms with E-state index in [0.29, 0.717) is 13.0 Å². The molecule has 0 aromatic rings. The van der Waals surface area contributed by atoms with Crippen molar-refractivity contribution in [2.45, 2.75) is 52.0 Å². The maximum Gasteiger partial charge on any atom is 0.326 e. The number of primary amides is 1. The van der Waals surface area contributed by atoms with Crippen LogP contribution in [0.15, 0.2) is 0 Å². The average Bonchev–Trinajstić information content (AvgIpc) is 2.31. The lowest BCUT2D eigenvalue weighted by molar-refractivity contribution is -0.142. The molecule has 20 heavy (non-hydrogen) atoms. The predicted octanol–water partition coefficient (Wildman–Crippen LogP) is -0.0235. The van der Waals surface area contributed by atoms with Gasteiger partial charge in [0.1, 0.15) is 6.04 Å². The quantitative estimate of drug-likeness (QED) is 0.447. The van der Waals surface area contributed by atoms with Crippen LogP contribution in [0.5, 0.6) is 0 Å². The standard InChI is InChI=1S/C13H25N3O4/c1-13(2,7-8-14)6-5-11(18)16-9(12(19)20)3-4-10(15)17/h9H,3-8,14H2,1-2H3,(H2,15,17)(H,16,18)(H,19,20)/t9-/m1/s1. The SMILES string of the molecule is CC(C)(CCN)CCC(=O)N[C@H](CCC(N)=O)C(=O)O. The number of carboxylic acid groups (broad SMARTS) is 1. The average molecular weight is 287 g/mol. The molecule has 0 aliphatic carbocycles. The normalized spacial score (nSPS) is 12.8. The Balaban J connectivity index is 4.26. The highest BCUT2D eigenvalue weighted by Crippen LogP contribution is 2.25. The van der Waals surface area contributed by atoms with E-state index in [9.17, 15) is 14.4 Å². The Labute approximate surface area is 119 Å². The summed E-state index contributed by atoms with van der Waals surface area (Å²) in [5, 5.41) is 11.4. The Bertz CT molecular complexity index is 356. The van der Waals surface area contributed by atoms with Crippen LogP contribution in [0.4, 0.5) is 0 Å². The van der Waals surface area contributed by atoms with Gasteiger partial charge in [0.25, 0.3) is 0 Å². The molecule has 0 saturated carbocycles. The van der Waals surface area contributed by atoms with Crippen LogP contribution in [0, 0.1) is 5.41 Å². The fourth-order valence-corrected chi connectivity index (χ4v) is 1.78. The minimum atomic E-state index is -1.17. The van der Waals surface area contributed by atoms with Gasteiger partial charge < -0.3 is 21.9 Å². The molecule has 0 fully saturated rings. The van der Waals surface area contributed by atoms with Crippen molar-refractivity contribution in [1.82, 2.24) is 5.32 Å². The molecule has 7 nitrogen and oxygen atoms in total. The van der Waals surface area contributed by atoms with E-state index in [-0.39, 0.29) is 30.6 Å². The lowest BCUT2D eigenvalue weighted by atomic mass is 9.84. The van der Waals surface area contributed by atoms with Gasteiger partial charge in [0, 0.05) is 12.8 Å². The Hall–Kier alpha value is -1.63. The van der Waals surface area contributed by atoms with E-state index in [1.54, 1.807) is 0 Å². The molecule has 0 radical (unpaired) electrons. The van der Waals surface area contributed by atoms with Crippen molar-refractivity contribution in [3.05, 3.63) is 0 Å². The van der Waals surface area contributed by atoms with Crippen LogP contribution in [0.3, 0.4) is 0 Å². The first kappa shape index (κ1) is 18.4. The molecular formula is C13H25N3O4. The zero-order chi connectivity index (χ0) is 15.8. The Morgan fingerprint density at radius 2 is 1.80 bits per heavy atom. The summed E-state index contributed by atoms with van der Waals surface area (Å²) < 4.78 is 0. The molecule has 1 atom stereocenters. The van der Waals surface area contributed by atoms with Crippen LogP contribution in [-0.2, 0) is 14.4 Å². The van der Waals surface area contributed by atoms with Crippen molar-refractivity contribution in [2.75, 3.05) is 6.54 Å². The summed E-state index contributed by atoms with van der Waals surface area (Å²) >= 11 is 0. The number of amides is 2. The van der Waals surface area contributed by atoms with Crippen LogP contribution in [-0.4, -0.2) is 35.5 Å². The maximum atomic E-state index is 11.7. The number of aliphatic carboxylic acids is 1. The molecule has 0 rings (SSSR count). The van der Waals surface area contributed by atoms with Gasteiger partial charge >= 0.3 is 5.97 Å². The van der Waals surface area contributed by atoms with Gasteiger partial charge in [-0.05, 0) is 31.2 Å². The summed E-state index contributed by atoms with van der Waals surface area (Å²) in [6, 6.07) is -1.08. The van der Waals surface area contributed by atoms with Crippen LogP contribution in [0.1, 0.15) is 46.0 Å². The molecule has 0 aliphatic rings. The van der Waals surface area contributed by atoms with Crippen LogP contribution < -0.4 is 16.8 Å². The van der Waals surface area contributed by atoms with E-state index < -0.39 is 17.9 Å². The van der Waals surface area contributed by atoms with Gasteiger partial charge in [-0.25, -0.2) is 4.79 Å². The first-order valence-corrected chi connectivity index (χ1v) is 6.68. The third kappa shape index (κ3) is 8.47. The smallest absolute Gasteiger partial charge is 0.326 e. The summed E-state index contributed by atoms with van der Waals surface area (Å²) in [5.74, 6) is -2.10. The number of hydrogen-bond donors (Lipinski definition) is 4. The Kier molecular flexibility index (Phi) is 7.83. The third-order valence-electron chi connectivity index (χ3n) is 3.16. The highest BCUT2D eigenvalue weighted by atomic mass is 16.4. The summed E-state index contributed by atoms with van der Waals surface area (Å²) in [7, 11) is 0. The van der Waals surface area contributed by atoms with E-state index in [1.165, 1.54) is 0 Å². The van der Waals surface area contributed by atoms with Crippen molar-refractivity contribution in [3.8, 4) is 0 Å².